The molecule has 3 atom stereocenters. The first-order chi connectivity index (χ1) is 16.3. The number of carbonyl (C=O) groups excluding carboxylic acids is 1. The number of fused-ring (bicyclic) bond motifs is 3. The Kier molecular flexibility index (Phi) is 5.62. The lowest BCUT2D eigenvalue weighted by atomic mass is 9.76. The summed E-state index contributed by atoms with van der Waals surface area (Å²) < 4.78 is 38.4. The van der Waals surface area contributed by atoms with Crippen LogP contribution in [0, 0.1) is 12.8 Å². The van der Waals surface area contributed by atoms with Crippen molar-refractivity contribution in [3.05, 3.63) is 60.1 Å². The number of hydrogen-bond acceptors (Lipinski definition) is 7. The lowest BCUT2D eigenvalue weighted by molar-refractivity contribution is -0.141. The quantitative estimate of drug-likeness (QED) is 0.621. The van der Waals surface area contributed by atoms with Crippen LogP contribution in [0.1, 0.15) is 41.0 Å². The van der Waals surface area contributed by atoms with Crippen molar-refractivity contribution in [1.82, 2.24) is 29.8 Å². The third-order valence-electron chi connectivity index (χ3n) is 6.35. The smallest absolute Gasteiger partial charge is 0.364 e. The minimum atomic E-state index is -4.54. The normalized spacial score (nSPS) is 22.0. The van der Waals surface area contributed by atoms with E-state index in [2.05, 4.69) is 30.2 Å². The van der Waals surface area contributed by atoms with Gasteiger partial charge in [-0.05, 0) is 49.8 Å². The molecule has 0 radical (unpaired) electrons. The van der Waals surface area contributed by atoms with E-state index in [1.54, 1.807) is 24.7 Å². The molecule has 1 aliphatic carbocycles. The Hall–Kier alpha value is -3.63. The summed E-state index contributed by atoms with van der Waals surface area (Å²) in [4.78, 5) is 35.9. The SMILES string of the molecule is Cc1cnc(C(=O)N2CC3CCC2C(Nc2cnc(C(F)(F)F)cn2)C3)c(-c2ncccn2)c1. The van der Waals surface area contributed by atoms with E-state index < -0.39 is 11.9 Å². The molecular formula is C23H22F3N7O. The first kappa shape index (κ1) is 22.2. The predicted octanol–water partition coefficient (Wildman–Crippen LogP) is 3.76. The summed E-state index contributed by atoms with van der Waals surface area (Å²) in [6, 6.07) is 3.27. The number of piperidine rings is 2. The first-order valence-electron chi connectivity index (χ1n) is 11.0. The average molecular weight is 469 g/mol. The molecule has 2 bridgehead atoms. The molecule has 3 aromatic heterocycles. The number of nitrogens with one attached hydrogen (secondary N) is 1. The van der Waals surface area contributed by atoms with Crippen LogP contribution in [-0.4, -0.2) is 54.4 Å². The minimum absolute atomic E-state index is 0.144. The Morgan fingerprint density at radius 3 is 2.53 bits per heavy atom. The summed E-state index contributed by atoms with van der Waals surface area (Å²) in [5.41, 5.74) is 0.711. The molecule has 0 spiro atoms. The third-order valence-corrected chi connectivity index (χ3v) is 6.35. The van der Waals surface area contributed by atoms with Gasteiger partial charge >= 0.3 is 6.18 Å². The molecule has 3 unspecified atom stereocenters. The van der Waals surface area contributed by atoms with Crippen molar-refractivity contribution in [3.63, 3.8) is 0 Å². The molecule has 3 aromatic rings. The largest absolute Gasteiger partial charge is 0.434 e. The van der Waals surface area contributed by atoms with Gasteiger partial charge in [-0.25, -0.2) is 19.9 Å². The fourth-order valence-electron chi connectivity index (χ4n) is 4.81. The molecule has 1 amide bonds. The van der Waals surface area contributed by atoms with E-state index in [-0.39, 0.29) is 35.4 Å². The van der Waals surface area contributed by atoms with Gasteiger partial charge in [0, 0.05) is 31.2 Å². The lowest BCUT2D eigenvalue weighted by Gasteiger charge is -2.50. The number of alkyl halides is 3. The summed E-state index contributed by atoms with van der Waals surface area (Å²) >= 11 is 0. The lowest BCUT2D eigenvalue weighted by Crippen LogP contribution is -2.60. The van der Waals surface area contributed by atoms with E-state index in [1.807, 2.05) is 17.9 Å². The highest BCUT2D eigenvalue weighted by molar-refractivity contribution is 5.98. The highest BCUT2D eigenvalue weighted by atomic mass is 19.4. The highest BCUT2D eigenvalue weighted by Crippen LogP contribution is 2.38. The molecule has 3 aliphatic rings. The van der Waals surface area contributed by atoms with E-state index in [4.69, 9.17) is 0 Å². The second-order valence-electron chi connectivity index (χ2n) is 8.72. The Morgan fingerprint density at radius 2 is 1.85 bits per heavy atom. The highest BCUT2D eigenvalue weighted by Gasteiger charge is 2.44. The maximum absolute atomic E-state index is 13.7. The van der Waals surface area contributed by atoms with Crippen LogP contribution in [0.2, 0.25) is 0 Å². The number of pyridine rings is 1. The number of carbonyl (C=O) groups is 1. The molecular weight excluding hydrogens is 447 g/mol. The van der Waals surface area contributed by atoms with E-state index in [0.717, 1.165) is 31.0 Å². The topological polar surface area (TPSA) is 96.8 Å². The second kappa shape index (κ2) is 8.62. The van der Waals surface area contributed by atoms with Gasteiger partial charge < -0.3 is 10.2 Å². The van der Waals surface area contributed by atoms with Crippen molar-refractivity contribution in [2.45, 2.75) is 44.4 Å². The molecule has 34 heavy (non-hydrogen) atoms. The zero-order valence-corrected chi connectivity index (χ0v) is 18.3. The summed E-state index contributed by atoms with van der Waals surface area (Å²) in [5, 5.41) is 3.20. The summed E-state index contributed by atoms with van der Waals surface area (Å²) in [6.45, 7) is 2.49. The van der Waals surface area contributed by atoms with Gasteiger partial charge in [-0.15, -0.1) is 0 Å². The van der Waals surface area contributed by atoms with Gasteiger partial charge in [0.05, 0.1) is 24.0 Å². The number of anilines is 1. The number of aromatic nitrogens is 5. The van der Waals surface area contributed by atoms with Crippen molar-refractivity contribution >= 4 is 11.7 Å². The second-order valence-corrected chi connectivity index (χ2v) is 8.72. The summed E-state index contributed by atoms with van der Waals surface area (Å²) in [6.07, 6.45) is 4.72. The van der Waals surface area contributed by atoms with E-state index in [9.17, 15) is 18.0 Å². The molecule has 3 fully saturated rings. The van der Waals surface area contributed by atoms with Crippen LogP contribution < -0.4 is 5.32 Å². The molecule has 2 aliphatic heterocycles. The molecule has 5 heterocycles. The van der Waals surface area contributed by atoms with Gasteiger partial charge in [0.2, 0.25) is 0 Å². The monoisotopic (exact) mass is 469 g/mol. The van der Waals surface area contributed by atoms with Gasteiger partial charge in [-0.1, -0.05) is 0 Å². The number of amides is 1. The molecule has 176 valence electrons. The number of nitrogens with zero attached hydrogens (tertiary/aromatic N) is 6. The number of hydrogen-bond donors (Lipinski definition) is 1. The number of halogens is 3. The maximum Gasteiger partial charge on any atom is 0.434 e. The van der Waals surface area contributed by atoms with E-state index >= 15 is 0 Å². The van der Waals surface area contributed by atoms with E-state index in [0.29, 0.717) is 24.1 Å². The first-order valence-corrected chi connectivity index (χ1v) is 11.0. The van der Waals surface area contributed by atoms with Crippen LogP contribution in [0.15, 0.2) is 43.1 Å². The van der Waals surface area contributed by atoms with Crippen molar-refractivity contribution < 1.29 is 18.0 Å². The van der Waals surface area contributed by atoms with Crippen molar-refractivity contribution in [1.29, 1.82) is 0 Å². The Balaban J connectivity index is 1.40. The summed E-state index contributed by atoms with van der Waals surface area (Å²) in [5.74, 6) is 0.751. The van der Waals surface area contributed by atoms with Gasteiger partial charge in [-0.3, -0.25) is 9.78 Å². The molecule has 1 saturated carbocycles. The molecule has 0 aromatic carbocycles. The fourth-order valence-corrected chi connectivity index (χ4v) is 4.81. The van der Waals surface area contributed by atoms with Crippen LogP contribution in [0.25, 0.3) is 11.4 Å². The Morgan fingerprint density at radius 1 is 1.06 bits per heavy atom. The maximum atomic E-state index is 13.7. The van der Waals surface area contributed by atoms with Crippen LogP contribution in [0.4, 0.5) is 19.0 Å². The van der Waals surface area contributed by atoms with Crippen LogP contribution in [0.3, 0.4) is 0 Å². The molecule has 1 N–H and O–H groups in total. The van der Waals surface area contributed by atoms with Crippen molar-refractivity contribution in [2.24, 2.45) is 5.92 Å². The van der Waals surface area contributed by atoms with Gasteiger partial charge in [0.15, 0.2) is 11.5 Å². The van der Waals surface area contributed by atoms with Gasteiger partial charge in [0.1, 0.15) is 11.5 Å². The van der Waals surface area contributed by atoms with Crippen molar-refractivity contribution in [2.75, 3.05) is 11.9 Å². The third kappa shape index (κ3) is 4.29. The minimum Gasteiger partial charge on any atom is -0.364 e. The van der Waals surface area contributed by atoms with Crippen molar-refractivity contribution in [3.8, 4) is 11.4 Å². The fraction of sp³-hybridized carbons (Fsp3) is 0.391. The van der Waals surface area contributed by atoms with Crippen LogP contribution in [0.5, 0.6) is 0 Å². The summed E-state index contributed by atoms with van der Waals surface area (Å²) in [7, 11) is 0. The molecule has 11 heteroatoms. The van der Waals surface area contributed by atoms with E-state index in [1.165, 1.54) is 0 Å². The molecule has 8 nitrogen and oxygen atoms in total. The standard InChI is InChI=1S/C23H22F3N7O/c1-13-7-15(21-27-5-2-6-28-21)20(31-9-13)22(34)33-12-14-3-4-17(33)16(8-14)32-19-11-29-18(10-30-19)23(24,25)26/h2,5-7,9-11,14,16-17H,3-4,8,12H2,1H3,(H,30,32). The number of rotatable bonds is 4. The Labute approximate surface area is 193 Å². The average Bonchev–Trinajstić information content (AvgIpc) is 2.84. The predicted molar refractivity (Wildman–Crippen MR) is 117 cm³/mol. The van der Waals surface area contributed by atoms with Gasteiger partial charge in [-0.2, -0.15) is 13.2 Å². The van der Waals surface area contributed by atoms with Crippen LogP contribution >= 0.6 is 0 Å². The zero-order valence-electron chi connectivity index (χ0n) is 18.3. The van der Waals surface area contributed by atoms with Gasteiger partial charge in [0.25, 0.3) is 5.91 Å². The van der Waals surface area contributed by atoms with Crippen LogP contribution in [-0.2, 0) is 6.18 Å². The number of aryl methyl sites for hydroxylation is 1. The Bertz CT molecular complexity index is 1190. The molecule has 2 saturated heterocycles. The molecule has 6 rings (SSSR count). The zero-order chi connectivity index (χ0) is 23.9.